The van der Waals surface area contributed by atoms with Crippen LogP contribution in [0.2, 0.25) is 0 Å². The van der Waals surface area contributed by atoms with Gasteiger partial charge in [0.15, 0.2) is 0 Å². The molecule has 0 spiro atoms. The molecular formula is C14H26N2O. The van der Waals surface area contributed by atoms with Crippen LogP contribution in [-0.2, 0) is 4.79 Å². The SMILES string of the molecule is CCNCC(=O)N1CCCC1C1CCCCC1. The zero-order chi connectivity index (χ0) is 12.1. The molecule has 0 aromatic heterocycles. The topological polar surface area (TPSA) is 32.3 Å². The molecule has 1 heterocycles. The second-order valence-electron chi connectivity index (χ2n) is 5.48. The van der Waals surface area contributed by atoms with Crippen LogP contribution < -0.4 is 5.32 Å². The third-order valence-corrected chi connectivity index (χ3v) is 4.34. The monoisotopic (exact) mass is 238 g/mol. The quantitative estimate of drug-likeness (QED) is 0.814. The predicted molar refractivity (Wildman–Crippen MR) is 69.9 cm³/mol. The summed E-state index contributed by atoms with van der Waals surface area (Å²) in [5, 5.41) is 3.16. The third-order valence-electron chi connectivity index (χ3n) is 4.34. The van der Waals surface area contributed by atoms with Gasteiger partial charge in [-0.05, 0) is 38.1 Å². The van der Waals surface area contributed by atoms with E-state index in [9.17, 15) is 4.79 Å². The molecule has 0 bridgehead atoms. The van der Waals surface area contributed by atoms with Crippen molar-refractivity contribution >= 4 is 5.91 Å². The summed E-state index contributed by atoms with van der Waals surface area (Å²) in [4.78, 5) is 14.3. The van der Waals surface area contributed by atoms with Crippen molar-refractivity contribution in [1.82, 2.24) is 10.2 Å². The van der Waals surface area contributed by atoms with Crippen molar-refractivity contribution in [2.24, 2.45) is 5.92 Å². The summed E-state index contributed by atoms with van der Waals surface area (Å²) in [5.74, 6) is 1.11. The molecule has 17 heavy (non-hydrogen) atoms. The van der Waals surface area contributed by atoms with Crippen molar-refractivity contribution in [3.05, 3.63) is 0 Å². The molecule has 0 aromatic carbocycles. The number of hydrogen-bond acceptors (Lipinski definition) is 2. The van der Waals surface area contributed by atoms with E-state index in [4.69, 9.17) is 0 Å². The number of carbonyl (C=O) groups is 1. The van der Waals surface area contributed by atoms with Gasteiger partial charge in [-0.15, -0.1) is 0 Å². The number of carbonyl (C=O) groups excluding carboxylic acids is 1. The van der Waals surface area contributed by atoms with Crippen molar-refractivity contribution in [2.45, 2.75) is 57.9 Å². The summed E-state index contributed by atoms with van der Waals surface area (Å²) in [6.45, 7) is 4.45. The number of nitrogens with zero attached hydrogens (tertiary/aromatic N) is 1. The highest BCUT2D eigenvalue weighted by Crippen LogP contribution is 2.34. The molecule has 3 heteroatoms. The number of nitrogens with one attached hydrogen (secondary N) is 1. The Bertz CT molecular complexity index is 249. The first-order valence-corrected chi connectivity index (χ1v) is 7.33. The van der Waals surface area contributed by atoms with Crippen molar-refractivity contribution in [3.63, 3.8) is 0 Å². The highest BCUT2D eigenvalue weighted by molar-refractivity contribution is 5.78. The number of rotatable bonds is 4. The first-order valence-electron chi connectivity index (χ1n) is 7.33. The van der Waals surface area contributed by atoms with E-state index in [0.29, 0.717) is 18.5 Å². The van der Waals surface area contributed by atoms with E-state index in [1.807, 2.05) is 0 Å². The molecule has 0 aromatic rings. The summed E-state index contributed by atoms with van der Waals surface area (Å²) in [5.41, 5.74) is 0. The molecule has 1 aliphatic heterocycles. The summed E-state index contributed by atoms with van der Waals surface area (Å²) >= 11 is 0. The zero-order valence-corrected chi connectivity index (χ0v) is 11.1. The summed E-state index contributed by atoms with van der Waals surface area (Å²) in [6, 6.07) is 0.557. The van der Waals surface area contributed by atoms with Gasteiger partial charge in [0.2, 0.25) is 5.91 Å². The Morgan fingerprint density at radius 1 is 1.18 bits per heavy atom. The number of hydrogen-bond donors (Lipinski definition) is 1. The average Bonchev–Trinajstić information content (AvgIpc) is 2.86. The Hall–Kier alpha value is -0.570. The molecule has 1 atom stereocenters. The van der Waals surface area contributed by atoms with Gasteiger partial charge in [-0.25, -0.2) is 0 Å². The Kier molecular flexibility index (Phi) is 4.84. The Morgan fingerprint density at radius 3 is 2.65 bits per heavy atom. The lowest BCUT2D eigenvalue weighted by atomic mass is 9.83. The maximum Gasteiger partial charge on any atom is 0.236 e. The van der Waals surface area contributed by atoms with Crippen LogP contribution in [0.1, 0.15) is 51.9 Å². The first kappa shape index (κ1) is 12.9. The van der Waals surface area contributed by atoms with Crippen LogP contribution in [0.4, 0.5) is 0 Å². The van der Waals surface area contributed by atoms with Crippen LogP contribution in [-0.4, -0.2) is 36.5 Å². The van der Waals surface area contributed by atoms with E-state index in [0.717, 1.165) is 19.0 Å². The minimum absolute atomic E-state index is 0.319. The fraction of sp³-hybridized carbons (Fsp3) is 0.929. The maximum atomic E-state index is 12.1. The standard InChI is InChI=1S/C14H26N2O/c1-2-15-11-14(17)16-10-6-9-13(16)12-7-4-3-5-8-12/h12-13,15H,2-11H2,1H3. The predicted octanol–water partition coefficient (Wildman–Crippen LogP) is 2.17. The van der Waals surface area contributed by atoms with Crippen molar-refractivity contribution in [1.29, 1.82) is 0 Å². The summed E-state index contributed by atoms with van der Waals surface area (Å²) < 4.78 is 0. The van der Waals surface area contributed by atoms with E-state index in [2.05, 4.69) is 17.1 Å². The van der Waals surface area contributed by atoms with Crippen LogP contribution in [0, 0.1) is 5.92 Å². The van der Waals surface area contributed by atoms with Gasteiger partial charge >= 0.3 is 0 Å². The van der Waals surface area contributed by atoms with E-state index in [1.165, 1.54) is 44.9 Å². The van der Waals surface area contributed by atoms with E-state index in [1.54, 1.807) is 0 Å². The molecule has 3 nitrogen and oxygen atoms in total. The Morgan fingerprint density at radius 2 is 1.94 bits per heavy atom. The normalized spacial score (nSPS) is 26.4. The van der Waals surface area contributed by atoms with Gasteiger partial charge in [-0.1, -0.05) is 26.2 Å². The molecular weight excluding hydrogens is 212 g/mol. The van der Waals surface area contributed by atoms with Crippen molar-refractivity contribution < 1.29 is 4.79 Å². The average molecular weight is 238 g/mol. The second kappa shape index (κ2) is 6.39. The van der Waals surface area contributed by atoms with Crippen molar-refractivity contribution in [3.8, 4) is 0 Å². The first-order chi connectivity index (χ1) is 8.33. The van der Waals surface area contributed by atoms with Gasteiger partial charge < -0.3 is 10.2 Å². The van der Waals surface area contributed by atoms with Gasteiger partial charge in [0.05, 0.1) is 6.54 Å². The van der Waals surface area contributed by atoms with Gasteiger partial charge in [-0.2, -0.15) is 0 Å². The molecule has 98 valence electrons. The van der Waals surface area contributed by atoms with E-state index in [-0.39, 0.29) is 0 Å². The second-order valence-corrected chi connectivity index (χ2v) is 5.48. The molecule has 2 fully saturated rings. The van der Waals surface area contributed by atoms with Gasteiger partial charge in [0.1, 0.15) is 0 Å². The van der Waals surface area contributed by atoms with E-state index < -0.39 is 0 Å². The van der Waals surface area contributed by atoms with Gasteiger partial charge in [0.25, 0.3) is 0 Å². The number of likely N-dealkylation sites (tertiary alicyclic amines) is 1. The highest BCUT2D eigenvalue weighted by Gasteiger charge is 2.34. The maximum absolute atomic E-state index is 12.1. The molecule has 1 saturated heterocycles. The molecule has 1 amide bonds. The van der Waals surface area contributed by atoms with Crippen LogP contribution in [0.15, 0.2) is 0 Å². The number of amides is 1. The minimum Gasteiger partial charge on any atom is -0.338 e. The fourth-order valence-electron chi connectivity index (χ4n) is 3.44. The highest BCUT2D eigenvalue weighted by atomic mass is 16.2. The largest absolute Gasteiger partial charge is 0.338 e. The third kappa shape index (κ3) is 3.21. The smallest absolute Gasteiger partial charge is 0.236 e. The summed E-state index contributed by atoms with van der Waals surface area (Å²) in [6.07, 6.45) is 9.27. The molecule has 1 N–H and O–H groups in total. The van der Waals surface area contributed by atoms with E-state index >= 15 is 0 Å². The lowest BCUT2D eigenvalue weighted by molar-refractivity contribution is -0.132. The lowest BCUT2D eigenvalue weighted by Gasteiger charge is -2.34. The van der Waals surface area contributed by atoms with Crippen LogP contribution in [0.5, 0.6) is 0 Å². The molecule has 2 rings (SSSR count). The number of likely N-dealkylation sites (N-methyl/N-ethyl adjacent to an activating group) is 1. The van der Waals surface area contributed by atoms with Crippen LogP contribution in [0.3, 0.4) is 0 Å². The molecule has 1 saturated carbocycles. The molecule has 1 unspecified atom stereocenters. The van der Waals surface area contributed by atoms with Gasteiger partial charge in [0, 0.05) is 12.6 Å². The lowest BCUT2D eigenvalue weighted by Crippen LogP contribution is -2.44. The Labute approximate surface area is 105 Å². The van der Waals surface area contributed by atoms with Crippen LogP contribution in [0.25, 0.3) is 0 Å². The van der Waals surface area contributed by atoms with Crippen LogP contribution >= 0.6 is 0 Å². The minimum atomic E-state index is 0.319. The molecule has 0 radical (unpaired) electrons. The van der Waals surface area contributed by atoms with Gasteiger partial charge in [-0.3, -0.25) is 4.79 Å². The fourth-order valence-corrected chi connectivity index (χ4v) is 3.44. The zero-order valence-electron chi connectivity index (χ0n) is 11.1. The molecule has 2 aliphatic rings. The Balaban J connectivity index is 1.89. The molecule has 1 aliphatic carbocycles. The summed E-state index contributed by atoms with van der Waals surface area (Å²) in [7, 11) is 0. The van der Waals surface area contributed by atoms with Crippen molar-refractivity contribution in [2.75, 3.05) is 19.6 Å².